The fraction of sp³-hybridized carbons (Fsp3) is 0.0833. The maximum atomic E-state index is 11.9. The molecule has 1 aliphatic heterocycles. The van der Waals surface area contributed by atoms with Crippen LogP contribution in [0.3, 0.4) is 0 Å². The molecule has 1 aliphatic rings. The van der Waals surface area contributed by atoms with Crippen LogP contribution in [0.2, 0.25) is 0 Å². The van der Waals surface area contributed by atoms with Gasteiger partial charge in [-0.3, -0.25) is 0 Å². The first-order valence-electron chi connectivity index (χ1n) is 5.33. The maximum Gasteiger partial charge on any atom is 0.345 e. The second kappa shape index (κ2) is 4.34. The van der Waals surface area contributed by atoms with Crippen molar-refractivity contribution < 1.29 is 19.0 Å². The van der Waals surface area contributed by atoms with E-state index in [0.29, 0.717) is 11.5 Å². The van der Waals surface area contributed by atoms with Crippen molar-refractivity contribution in [3.63, 3.8) is 0 Å². The van der Waals surface area contributed by atoms with Gasteiger partial charge >= 0.3 is 5.97 Å². The van der Waals surface area contributed by atoms with Gasteiger partial charge in [0.1, 0.15) is 6.07 Å². The largest absolute Gasteiger partial charge is 0.454 e. The van der Waals surface area contributed by atoms with Crippen molar-refractivity contribution in [2.24, 2.45) is 0 Å². The minimum absolute atomic E-state index is 0.0508. The summed E-state index contributed by atoms with van der Waals surface area (Å²) in [6, 6.07) is 6.52. The van der Waals surface area contributed by atoms with Gasteiger partial charge in [-0.05, 0) is 18.2 Å². The van der Waals surface area contributed by atoms with E-state index in [1.807, 2.05) is 6.07 Å². The Bertz CT molecular complexity index is 687. The smallest absolute Gasteiger partial charge is 0.345 e. The molecule has 2 heterocycles. The molecule has 0 atom stereocenters. The maximum absolute atomic E-state index is 11.9. The minimum Gasteiger partial charge on any atom is -0.454 e. The molecule has 2 aromatic rings. The zero-order valence-electron chi connectivity index (χ0n) is 9.54. The van der Waals surface area contributed by atoms with Crippen LogP contribution in [0.5, 0.6) is 17.4 Å². The lowest BCUT2D eigenvalue weighted by atomic mass is 10.2. The van der Waals surface area contributed by atoms with E-state index in [2.05, 4.69) is 9.97 Å². The summed E-state index contributed by atoms with van der Waals surface area (Å²) in [5.41, 5.74) is 0.380. The van der Waals surface area contributed by atoms with Crippen LogP contribution in [0.1, 0.15) is 16.1 Å². The molecular weight excluding hydrogens is 250 g/mol. The van der Waals surface area contributed by atoms with Crippen molar-refractivity contribution in [3.8, 4) is 23.4 Å². The fourth-order valence-corrected chi connectivity index (χ4v) is 1.61. The summed E-state index contributed by atoms with van der Waals surface area (Å²) in [6.07, 6.45) is 1.28. The molecule has 0 spiro atoms. The normalized spacial score (nSPS) is 11.9. The first-order valence-corrected chi connectivity index (χ1v) is 5.33. The van der Waals surface area contributed by atoms with E-state index in [0.717, 1.165) is 0 Å². The van der Waals surface area contributed by atoms with Gasteiger partial charge in [0.15, 0.2) is 17.2 Å². The molecule has 7 nitrogen and oxygen atoms in total. The highest BCUT2D eigenvalue weighted by Gasteiger charge is 2.19. The third kappa shape index (κ3) is 1.95. The highest BCUT2D eigenvalue weighted by atomic mass is 16.7. The minimum atomic E-state index is -0.623. The third-order valence-electron chi connectivity index (χ3n) is 2.51. The second-order valence-corrected chi connectivity index (χ2v) is 3.65. The molecule has 1 aromatic carbocycles. The molecule has 1 aromatic heterocycles. The SMILES string of the molecule is N#Cc1[nH]cnc1OC(=O)c1ccc2c(c1)OCO2. The number of nitrogens with one attached hydrogen (secondary N) is 1. The average molecular weight is 257 g/mol. The molecule has 19 heavy (non-hydrogen) atoms. The number of carbonyl (C=O) groups is 1. The second-order valence-electron chi connectivity index (χ2n) is 3.65. The number of H-pyrrole nitrogens is 1. The van der Waals surface area contributed by atoms with Crippen LogP contribution in [0.4, 0.5) is 0 Å². The summed E-state index contributed by atoms with van der Waals surface area (Å²) in [5.74, 6) is 0.387. The molecule has 0 amide bonds. The van der Waals surface area contributed by atoms with Gasteiger partial charge in [-0.1, -0.05) is 0 Å². The van der Waals surface area contributed by atoms with Gasteiger partial charge in [-0.15, -0.1) is 0 Å². The van der Waals surface area contributed by atoms with Crippen LogP contribution in [0.25, 0.3) is 0 Å². The Morgan fingerprint density at radius 1 is 1.42 bits per heavy atom. The first kappa shape index (κ1) is 11.1. The Kier molecular flexibility index (Phi) is 2.54. The van der Waals surface area contributed by atoms with Crippen LogP contribution >= 0.6 is 0 Å². The molecule has 0 bridgehead atoms. The van der Waals surface area contributed by atoms with Crippen molar-refractivity contribution >= 4 is 5.97 Å². The number of aromatic amines is 1. The lowest BCUT2D eigenvalue weighted by Crippen LogP contribution is -2.09. The Labute approximate surface area is 107 Å². The van der Waals surface area contributed by atoms with Gasteiger partial charge < -0.3 is 19.2 Å². The Balaban J connectivity index is 1.83. The monoisotopic (exact) mass is 257 g/mol. The van der Waals surface area contributed by atoms with E-state index in [9.17, 15) is 4.79 Å². The lowest BCUT2D eigenvalue weighted by Gasteiger charge is -2.02. The van der Waals surface area contributed by atoms with E-state index in [1.54, 1.807) is 12.1 Å². The number of carbonyl (C=O) groups excluding carboxylic acids is 1. The zero-order chi connectivity index (χ0) is 13.2. The number of nitriles is 1. The summed E-state index contributed by atoms with van der Waals surface area (Å²) in [4.78, 5) is 18.2. The standard InChI is InChI=1S/C12H7N3O4/c13-4-8-11(15-5-14-8)19-12(16)7-1-2-9-10(3-7)18-6-17-9/h1-3,5H,6H2,(H,14,15). The van der Waals surface area contributed by atoms with E-state index in [4.69, 9.17) is 19.5 Å². The van der Waals surface area contributed by atoms with Gasteiger partial charge in [0, 0.05) is 0 Å². The molecule has 7 heteroatoms. The third-order valence-corrected chi connectivity index (χ3v) is 2.51. The van der Waals surface area contributed by atoms with Gasteiger partial charge in [0.25, 0.3) is 5.88 Å². The summed E-state index contributed by atoms with van der Waals surface area (Å²) < 4.78 is 15.3. The number of nitrogens with zero attached hydrogens (tertiary/aromatic N) is 2. The molecule has 0 saturated carbocycles. The molecule has 0 unspecified atom stereocenters. The highest BCUT2D eigenvalue weighted by molar-refractivity contribution is 5.91. The molecule has 0 fully saturated rings. The van der Waals surface area contributed by atoms with Crippen molar-refractivity contribution in [2.45, 2.75) is 0 Å². The molecule has 0 saturated heterocycles. The molecule has 0 aliphatic carbocycles. The molecule has 0 radical (unpaired) electrons. The molecule has 94 valence electrons. The number of fused-ring (bicyclic) bond motifs is 1. The number of benzene rings is 1. The van der Waals surface area contributed by atoms with Crippen molar-refractivity contribution in [3.05, 3.63) is 35.8 Å². The van der Waals surface area contributed by atoms with Gasteiger partial charge in [0.05, 0.1) is 11.9 Å². The number of hydrogen-bond acceptors (Lipinski definition) is 6. The fourth-order valence-electron chi connectivity index (χ4n) is 1.61. The van der Waals surface area contributed by atoms with Crippen LogP contribution in [-0.2, 0) is 0 Å². The van der Waals surface area contributed by atoms with E-state index in [-0.39, 0.29) is 23.9 Å². The Hall–Kier alpha value is -3.01. The number of hydrogen-bond donors (Lipinski definition) is 1. The predicted molar refractivity (Wildman–Crippen MR) is 60.8 cm³/mol. The van der Waals surface area contributed by atoms with Gasteiger partial charge in [0.2, 0.25) is 6.79 Å². The molecule has 3 rings (SSSR count). The van der Waals surface area contributed by atoms with E-state index in [1.165, 1.54) is 12.4 Å². The molecular formula is C12H7N3O4. The topological polar surface area (TPSA) is 97.2 Å². The number of imidazole rings is 1. The zero-order valence-corrected chi connectivity index (χ0v) is 9.54. The van der Waals surface area contributed by atoms with Crippen LogP contribution < -0.4 is 14.2 Å². The summed E-state index contributed by atoms with van der Waals surface area (Å²) >= 11 is 0. The number of ether oxygens (including phenoxy) is 3. The highest BCUT2D eigenvalue weighted by Crippen LogP contribution is 2.32. The van der Waals surface area contributed by atoms with Crippen molar-refractivity contribution in [2.75, 3.05) is 6.79 Å². The van der Waals surface area contributed by atoms with Gasteiger partial charge in [-0.2, -0.15) is 5.26 Å². The number of rotatable bonds is 2. The summed E-state index contributed by atoms with van der Waals surface area (Å²) in [7, 11) is 0. The Morgan fingerprint density at radius 2 is 2.26 bits per heavy atom. The molecule has 1 N–H and O–H groups in total. The Morgan fingerprint density at radius 3 is 3.11 bits per heavy atom. The lowest BCUT2D eigenvalue weighted by molar-refractivity contribution is 0.0727. The predicted octanol–water partition coefficient (Wildman–Crippen LogP) is 1.23. The van der Waals surface area contributed by atoms with E-state index >= 15 is 0 Å². The summed E-state index contributed by atoms with van der Waals surface area (Å²) in [6.45, 7) is 0.131. The summed E-state index contributed by atoms with van der Waals surface area (Å²) in [5, 5.41) is 8.77. The van der Waals surface area contributed by atoms with Gasteiger partial charge in [-0.25, -0.2) is 9.78 Å². The van der Waals surface area contributed by atoms with E-state index < -0.39 is 5.97 Å². The number of aromatic nitrogens is 2. The number of esters is 1. The quantitative estimate of drug-likeness (QED) is 0.812. The first-order chi connectivity index (χ1) is 9.28. The van der Waals surface area contributed by atoms with Crippen LogP contribution in [-0.4, -0.2) is 22.7 Å². The van der Waals surface area contributed by atoms with Crippen LogP contribution in [0.15, 0.2) is 24.5 Å². The van der Waals surface area contributed by atoms with Crippen molar-refractivity contribution in [1.29, 1.82) is 5.26 Å². The van der Waals surface area contributed by atoms with Crippen molar-refractivity contribution in [1.82, 2.24) is 9.97 Å². The van der Waals surface area contributed by atoms with Crippen LogP contribution in [0, 0.1) is 11.3 Å². The average Bonchev–Trinajstić information content (AvgIpc) is 3.05.